The van der Waals surface area contributed by atoms with E-state index in [2.05, 4.69) is 5.32 Å². The summed E-state index contributed by atoms with van der Waals surface area (Å²) >= 11 is 1.23. The lowest BCUT2D eigenvalue weighted by molar-refractivity contribution is -0.116. The number of nitriles is 1. The van der Waals surface area contributed by atoms with Gasteiger partial charge in [-0.2, -0.15) is 5.26 Å². The molecule has 0 spiro atoms. The molecule has 1 N–H and O–H groups in total. The van der Waals surface area contributed by atoms with Gasteiger partial charge >= 0.3 is 0 Å². The van der Waals surface area contributed by atoms with Crippen LogP contribution in [-0.4, -0.2) is 51.1 Å². The normalized spacial score (nSPS) is 14.0. The Labute approximate surface area is 177 Å². The first-order chi connectivity index (χ1) is 14.3. The second-order valence-electron chi connectivity index (χ2n) is 6.01. The van der Waals surface area contributed by atoms with Crippen molar-refractivity contribution in [3.05, 3.63) is 42.0 Å². The summed E-state index contributed by atoms with van der Waals surface area (Å²) < 4.78 is 36.4. The van der Waals surface area contributed by atoms with E-state index < -0.39 is 28.4 Å². The lowest BCUT2D eigenvalue weighted by Gasteiger charge is -2.15. The Morgan fingerprint density at radius 2 is 1.87 bits per heavy atom. The number of para-hydroxylation sites is 1. The average Bonchev–Trinajstić information content (AvgIpc) is 2.92. The molecule has 156 valence electrons. The van der Waals surface area contributed by atoms with Crippen molar-refractivity contribution >= 4 is 39.3 Å². The maximum Gasteiger partial charge on any atom is 0.269 e. The molecule has 0 aromatic heterocycles. The number of carbonyl (C=O) groups excluding carboxylic acids is 2. The SMILES string of the molecule is COc1cc2c(cc1OC)S(=O)(=O)N(CC(=O)Nc1ccccc1SCC#N)C2=O. The number of hydrogen-bond acceptors (Lipinski definition) is 8. The second kappa shape index (κ2) is 8.64. The smallest absolute Gasteiger partial charge is 0.269 e. The first-order valence-electron chi connectivity index (χ1n) is 8.55. The number of anilines is 1. The van der Waals surface area contributed by atoms with E-state index in [9.17, 15) is 18.0 Å². The Morgan fingerprint density at radius 1 is 1.20 bits per heavy atom. The van der Waals surface area contributed by atoms with Gasteiger partial charge < -0.3 is 14.8 Å². The van der Waals surface area contributed by atoms with Crippen molar-refractivity contribution < 1.29 is 27.5 Å². The summed E-state index contributed by atoms with van der Waals surface area (Å²) in [7, 11) is -1.51. The molecule has 0 aliphatic carbocycles. The topological polar surface area (TPSA) is 126 Å². The number of benzene rings is 2. The van der Waals surface area contributed by atoms with E-state index in [0.29, 0.717) is 14.9 Å². The Hall–Kier alpha value is -3.23. The molecule has 2 amide bonds. The van der Waals surface area contributed by atoms with Gasteiger partial charge in [0, 0.05) is 11.0 Å². The zero-order chi connectivity index (χ0) is 21.9. The largest absolute Gasteiger partial charge is 0.493 e. The Bertz CT molecular complexity index is 1160. The average molecular weight is 447 g/mol. The van der Waals surface area contributed by atoms with Gasteiger partial charge in [0.2, 0.25) is 5.91 Å². The van der Waals surface area contributed by atoms with E-state index in [-0.39, 0.29) is 27.7 Å². The third-order valence-electron chi connectivity index (χ3n) is 4.25. The molecule has 2 aromatic carbocycles. The lowest BCUT2D eigenvalue weighted by atomic mass is 10.2. The molecule has 3 rings (SSSR count). The Morgan fingerprint density at radius 3 is 2.53 bits per heavy atom. The predicted octanol–water partition coefficient (Wildman–Crippen LogP) is 2.10. The van der Waals surface area contributed by atoms with Crippen LogP contribution in [0, 0.1) is 11.3 Å². The van der Waals surface area contributed by atoms with E-state index in [1.165, 1.54) is 38.1 Å². The van der Waals surface area contributed by atoms with E-state index in [1.54, 1.807) is 24.3 Å². The monoisotopic (exact) mass is 447 g/mol. The maximum absolute atomic E-state index is 12.8. The number of thioether (sulfide) groups is 1. The van der Waals surface area contributed by atoms with Crippen molar-refractivity contribution in [2.24, 2.45) is 0 Å². The molecule has 0 radical (unpaired) electrons. The Balaban J connectivity index is 1.85. The van der Waals surface area contributed by atoms with Gasteiger partial charge in [0.25, 0.3) is 15.9 Å². The van der Waals surface area contributed by atoms with E-state index in [0.717, 1.165) is 0 Å². The van der Waals surface area contributed by atoms with Crippen LogP contribution in [0.5, 0.6) is 11.5 Å². The highest BCUT2D eigenvalue weighted by Crippen LogP contribution is 2.38. The Kier molecular flexibility index (Phi) is 6.19. The number of hydrogen-bond donors (Lipinski definition) is 1. The molecule has 0 bridgehead atoms. The molecule has 1 aliphatic heterocycles. The van der Waals surface area contributed by atoms with Crippen LogP contribution in [0.4, 0.5) is 5.69 Å². The molecule has 1 heterocycles. The quantitative estimate of drug-likeness (QED) is 0.640. The zero-order valence-electron chi connectivity index (χ0n) is 16.0. The van der Waals surface area contributed by atoms with Crippen LogP contribution in [0.2, 0.25) is 0 Å². The third kappa shape index (κ3) is 3.92. The van der Waals surface area contributed by atoms with Gasteiger partial charge in [0.15, 0.2) is 11.5 Å². The van der Waals surface area contributed by atoms with Gasteiger partial charge in [-0.15, -0.1) is 11.8 Å². The fraction of sp³-hybridized carbons (Fsp3) is 0.211. The lowest BCUT2D eigenvalue weighted by Crippen LogP contribution is -2.37. The zero-order valence-corrected chi connectivity index (χ0v) is 17.7. The van der Waals surface area contributed by atoms with Crippen molar-refractivity contribution in [1.29, 1.82) is 5.26 Å². The highest BCUT2D eigenvalue weighted by atomic mass is 32.2. The van der Waals surface area contributed by atoms with Crippen molar-refractivity contribution in [2.45, 2.75) is 9.79 Å². The number of fused-ring (bicyclic) bond motifs is 1. The van der Waals surface area contributed by atoms with Crippen LogP contribution < -0.4 is 14.8 Å². The molecular formula is C19H17N3O6S2. The van der Waals surface area contributed by atoms with Gasteiger partial charge in [0.05, 0.1) is 37.3 Å². The molecule has 0 atom stereocenters. The minimum Gasteiger partial charge on any atom is -0.493 e. The standard InChI is InChI=1S/C19H17N3O6S2/c1-27-14-9-12-17(10-15(14)28-2)30(25,26)22(19(12)24)11-18(23)21-13-5-3-4-6-16(13)29-8-7-20/h3-6,9-10H,8,11H2,1-2H3,(H,21,23). The molecule has 2 aromatic rings. The number of nitrogens with zero attached hydrogens (tertiary/aromatic N) is 2. The molecule has 0 saturated carbocycles. The molecule has 11 heteroatoms. The summed E-state index contributed by atoms with van der Waals surface area (Å²) in [4.78, 5) is 25.6. The third-order valence-corrected chi connectivity index (χ3v) is 6.96. The fourth-order valence-corrected chi connectivity index (χ4v) is 5.08. The highest BCUT2D eigenvalue weighted by Gasteiger charge is 2.43. The number of carbonyl (C=O) groups is 2. The van der Waals surface area contributed by atoms with Crippen LogP contribution in [0.1, 0.15) is 10.4 Å². The van der Waals surface area contributed by atoms with Gasteiger partial charge in [-0.05, 0) is 18.2 Å². The number of ether oxygens (including phenoxy) is 2. The molecule has 0 unspecified atom stereocenters. The summed E-state index contributed by atoms with van der Waals surface area (Å²) in [5, 5.41) is 11.4. The van der Waals surface area contributed by atoms with Gasteiger partial charge in [0.1, 0.15) is 11.4 Å². The molecule has 1 aliphatic rings. The maximum atomic E-state index is 12.8. The number of sulfonamides is 1. The molecular weight excluding hydrogens is 430 g/mol. The van der Waals surface area contributed by atoms with Crippen LogP contribution in [0.3, 0.4) is 0 Å². The fourth-order valence-electron chi connectivity index (χ4n) is 2.89. The highest BCUT2D eigenvalue weighted by molar-refractivity contribution is 7.99. The first-order valence-corrected chi connectivity index (χ1v) is 11.0. The molecule has 30 heavy (non-hydrogen) atoms. The number of amides is 2. The summed E-state index contributed by atoms with van der Waals surface area (Å²) in [6, 6.07) is 11.3. The van der Waals surface area contributed by atoms with Crippen LogP contribution in [0.15, 0.2) is 46.2 Å². The van der Waals surface area contributed by atoms with E-state index >= 15 is 0 Å². The summed E-state index contributed by atoms with van der Waals surface area (Å²) in [6.07, 6.45) is 0. The van der Waals surface area contributed by atoms with Crippen molar-refractivity contribution in [3.8, 4) is 17.6 Å². The first kappa shape index (κ1) is 21.5. The van der Waals surface area contributed by atoms with E-state index in [4.69, 9.17) is 14.7 Å². The summed E-state index contributed by atoms with van der Waals surface area (Å²) in [6.45, 7) is -0.697. The van der Waals surface area contributed by atoms with Crippen LogP contribution >= 0.6 is 11.8 Å². The summed E-state index contributed by atoms with van der Waals surface area (Å²) in [5.74, 6) is -0.973. The van der Waals surface area contributed by atoms with Gasteiger partial charge in [-0.1, -0.05) is 12.1 Å². The van der Waals surface area contributed by atoms with Crippen molar-refractivity contribution in [1.82, 2.24) is 4.31 Å². The number of methoxy groups -OCH3 is 2. The summed E-state index contributed by atoms with van der Waals surface area (Å²) in [5.41, 5.74) is 0.332. The predicted molar refractivity (Wildman–Crippen MR) is 109 cm³/mol. The van der Waals surface area contributed by atoms with Crippen LogP contribution in [-0.2, 0) is 14.8 Å². The molecule has 0 fully saturated rings. The number of nitrogens with one attached hydrogen (secondary N) is 1. The molecule has 0 saturated heterocycles. The van der Waals surface area contributed by atoms with Crippen molar-refractivity contribution in [2.75, 3.05) is 31.8 Å². The minimum atomic E-state index is -4.23. The minimum absolute atomic E-state index is 0.0922. The van der Waals surface area contributed by atoms with Crippen molar-refractivity contribution in [3.63, 3.8) is 0 Å². The number of rotatable bonds is 7. The van der Waals surface area contributed by atoms with Crippen LogP contribution in [0.25, 0.3) is 0 Å². The second-order valence-corrected chi connectivity index (χ2v) is 8.86. The molecule has 9 nitrogen and oxygen atoms in total. The van der Waals surface area contributed by atoms with Gasteiger partial charge in [-0.25, -0.2) is 12.7 Å². The van der Waals surface area contributed by atoms with E-state index in [1.807, 2.05) is 6.07 Å². The van der Waals surface area contributed by atoms with Gasteiger partial charge in [-0.3, -0.25) is 9.59 Å².